The number of ether oxygens (including phenoxy) is 1. The minimum atomic E-state index is 0.141. The lowest BCUT2D eigenvalue weighted by atomic mass is 10.1. The monoisotopic (exact) mass is 367 g/mol. The summed E-state index contributed by atoms with van der Waals surface area (Å²) in [5.41, 5.74) is 6.22. The van der Waals surface area contributed by atoms with Crippen molar-refractivity contribution >= 4 is 17.7 Å². The molecule has 0 unspecified atom stereocenters. The molecule has 0 fully saturated rings. The maximum atomic E-state index is 10.3. The molecule has 1 aromatic heterocycles. The van der Waals surface area contributed by atoms with Crippen molar-refractivity contribution in [3.8, 4) is 11.8 Å². The Bertz CT molecular complexity index is 854. The molecular formula is C20H25N5O2. The van der Waals surface area contributed by atoms with E-state index in [1.165, 1.54) is 6.21 Å². The maximum Gasteiger partial charge on any atom is 0.164 e. The summed E-state index contributed by atoms with van der Waals surface area (Å²) in [7, 11) is 1.58. The third-order valence-electron chi connectivity index (χ3n) is 4.16. The molecule has 2 aromatic rings. The van der Waals surface area contributed by atoms with Crippen molar-refractivity contribution in [2.75, 3.05) is 30.5 Å². The minimum absolute atomic E-state index is 0.141. The molecular weight excluding hydrogens is 342 g/mol. The predicted molar refractivity (Wildman–Crippen MR) is 107 cm³/mol. The summed E-state index contributed by atoms with van der Waals surface area (Å²) >= 11 is 0. The van der Waals surface area contributed by atoms with Gasteiger partial charge in [-0.1, -0.05) is 0 Å². The third kappa shape index (κ3) is 4.96. The Balaban J connectivity index is 2.22. The first-order valence-electron chi connectivity index (χ1n) is 8.80. The van der Waals surface area contributed by atoms with Crippen molar-refractivity contribution in [3.63, 3.8) is 0 Å². The zero-order valence-corrected chi connectivity index (χ0v) is 16.2. The van der Waals surface area contributed by atoms with Gasteiger partial charge in [0.15, 0.2) is 5.82 Å². The van der Waals surface area contributed by atoms with Gasteiger partial charge in [0.05, 0.1) is 12.8 Å². The molecule has 7 heteroatoms. The van der Waals surface area contributed by atoms with E-state index in [-0.39, 0.29) is 5.75 Å². The van der Waals surface area contributed by atoms with Gasteiger partial charge in [-0.05, 0) is 39.0 Å². The molecule has 0 saturated carbocycles. The Kier molecular flexibility index (Phi) is 7.15. The van der Waals surface area contributed by atoms with Gasteiger partial charge < -0.3 is 14.7 Å². The van der Waals surface area contributed by atoms with Gasteiger partial charge in [0.1, 0.15) is 17.4 Å². The number of anilines is 2. The van der Waals surface area contributed by atoms with Crippen LogP contribution in [-0.4, -0.2) is 36.5 Å². The second-order valence-corrected chi connectivity index (χ2v) is 5.98. The molecule has 0 aliphatic carbocycles. The first kappa shape index (κ1) is 20.2. The number of hydrogen-bond acceptors (Lipinski definition) is 7. The molecule has 2 rings (SSSR count). The summed E-state index contributed by atoms with van der Waals surface area (Å²) in [5, 5.41) is 23.8. The van der Waals surface area contributed by atoms with Gasteiger partial charge in [0, 0.05) is 48.8 Å². The summed E-state index contributed by atoms with van der Waals surface area (Å²) in [5.74, 6) is 0.503. The molecule has 0 bridgehead atoms. The number of phenols is 1. The van der Waals surface area contributed by atoms with E-state index in [0.29, 0.717) is 23.6 Å². The fourth-order valence-corrected chi connectivity index (χ4v) is 2.81. The van der Waals surface area contributed by atoms with E-state index in [0.717, 1.165) is 30.0 Å². The van der Waals surface area contributed by atoms with E-state index >= 15 is 0 Å². The summed E-state index contributed by atoms with van der Waals surface area (Å²) < 4.78 is 5.14. The summed E-state index contributed by atoms with van der Waals surface area (Å²) in [4.78, 5) is 6.47. The van der Waals surface area contributed by atoms with Gasteiger partial charge in [0.2, 0.25) is 0 Å². The van der Waals surface area contributed by atoms with Crippen molar-refractivity contribution < 1.29 is 9.84 Å². The van der Waals surface area contributed by atoms with Crippen LogP contribution in [0.2, 0.25) is 0 Å². The fourth-order valence-electron chi connectivity index (χ4n) is 2.81. The highest BCUT2D eigenvalue weighted by molar-refractivity contribution is 5.85. The van der Waals surface area contributed by atoms with Gasteiger partial charge in [-0.15, -0.1) is 0 Å². The number of hydrazone groups is 1. The molecule has 1 aromatic carbocycles. The molecule has 7 nitrogen and oxygen atoms in total. The SMILES string of the molecule is CCN(CC)c1ccc(/C=N\Nc2nc(C)cc(COC)c2C#N)c(O)c1. The number of pyridine rings is 1. The van der Waals surface area contributed by atoms with Crippen molar-refractivity contribution in [1.29, 1.82) is 5.26 Å². The van der Waals surface area contributed by atoms with E-state index in [9.17, 15) is 10.4 Å². The number of phenolic OH excluding ortho intramolecular Hbond substituents is 1. The lowest BCUT2D eigenvalue weighted by Gasteiger charge is -2.21. The van der Waals surface area contributed by atoms with Crippen molar-refractivity contribution in [1.82, 2.24) is 4.98 Å². The van der Waals surface area contributed by atoms with E-state index in [1.807, 2.05) is 19.1 Å². The second kappa shape index (κ2) is 9.55. The minimum Gasteiger partial charge on any atom is -0.507 e. The molecule has 0 amide bonds. The summed E-state index contributed by atoms with van der Waals surface area (Å²) in [6.45, 7) is 8.03. The largest absolute Gasteiger partial charge is 0.507 e. The maximum absolute atomic E-state index is 10.3. The molecule has 0 atom stereocenters. The number of aromatic hydroxyl groups is 1. The highest BCUT2D eigenvalue weighted by Gasteiger charge is 2.11. The van der Waals surface area contributed by atoms with Gasteiger partial charge in [0.25, 0.3) is 0 Å². The number of methoxy groups -OCH3 is 1. The van der Waals surface area contributed by atoms with E-state index in [1.54, 1.807) is 19.2 Å². The van der Waals surface area contributed by atoms with Gasteiger partial charge in [-0.2, -0.15) is 10.4 Å². The highest BCUT2D eigenvalue weighted by Crippen LogP contribution is 2.24. The topological polar surface area (TPSA) is 93.8 Å². The molecule has 1 heterocycles. The molecule has 0 aliphatic heterocycles. The van der Waals surface area contributed by atoms with Crippen LogP contribution in [0.3, 0.4) is 0 Å². The van der Waals surface area contributed by atoms with Crippen LogP contribution in [0.5, 0.6) is 5.75 Å². The number of aryl methyl sites for hydroxylation is 1. The van der Waals surface area contributed by atoms with Crippen LogP contribution in [-0.2, 0) is 11.3 Å². The lowest BCUT2D eigenvalue weighted by molar-refractivity contribution is 0.184. The van der Waals surface area contributed by atoms with Crippen LogP contribution in [0.25, 0.3) is 0 Å². The molecule has 27 heavy (non-hydrogen) atoms. The Hall–Kier alpha value is -3.11. The van der Waals surface area contributed by atoms with Crippen molar-refractivity contribution in [2.24, 2.45) is 5.10 Å². The Labute approximate surface area is 159 Å². The highest BCUT2D eigenvalue weighted by atomic mass is 16.5. The van der Waals surface area contributed by atoms with Crippen LogP contribution in [0.1, 0.15) is 36.2 Å². The molecule has 0 radical (unpaired) electrons. The Morgan fingerprint density at radius 3 is 2.67 bits per heavy atom. The number of nitriles is 1. The van der Waals surface area contributed by atoms with Crippen molar-refractivity contribution in [2.45, 2.75) is 27.4 Å². The molecule has 0 spiro atoms. The summed E-state index contributed by atoms with van der Waals surface area (Å²) in [6.07, 6.45) is 1.50. The average molecular weight is 367 g/mol. The van der Waals surface area contributed by atoms with Gasteiger partial charge in [-0.25, -0.2) is 4.98 Å². The lowest BCUT2D eigenvalue weighted by Crippen LogP contribution is -2.21. The number of hydrogen-bond donors (Lipinski definition) is 2. The summed E-state index contributed by atoms with van der Waals surface area (Å²) in [6, 6.07) is 9.41. The molecule has 0 aliphatic rings. The fraction of sp³-hybridized carbons (Fsp3) is 0.350. The third-order valence-corrected chi connectivity index (χ3v) is 4.16. The van der Waals surface area contributed by atoms with Crippen molar-refractivity contribution in [3.05, 3.63) is 46.6 Å². The van der Waals surface area contributed by atoms with Crippen LogP contribution in [0.4, 0.5) is 11.5 Å². The smallest absolute Gasteiger partial charge is 0.164 e. The Morgan fingerprint density at radius 1 is 1.33 bits per heavy atom. The quantitative estimate of drug-likeness (QED) is 0.548. The zero-order chi connectivity index (χ0) is 19.8. The van der Waals surface area contributed by atoms with Crippen LogP contribution in [0.15, 0.2) is 29.4 Å². The molecule has 0 saturated heterocycles. The Morgan fingerprint density at radius 2 is 2.07 bits per heavy atom. The number of nitrogens with zero attached hydrogens (tertiary/aromatic N) is 4. The van der Waals surface area contributed by atoms with Crippen LogP contribution >= 0.6 is 0 Å². The predicted octanol–water partition coefficient (Wildman–Crippen LogP) is 3.41. The number of aromatic nitrogens is 1. The number of nitrogens with one attached hydrogen (secondary N) is 1. The normalized spacial score (nSPS) is 10.8. The van der Waals surface area contributed by atoms with Gasteiger partial charge >= 0.3 is 0 Å². The van der Waals surface area contributed by atoms with Crippen LogP contribution in [0, 0.1) is 18.3 Å². The first-order valence-corrected chi connectivity index (χ1v) is 8.80. The second-order valence-electron chi connectivity index (χ2n) is 5.98. The van der Waals surface area contributed by atoms with Gasteiger partial charge in [-0.3, -0.25) is 5.43 Å². The number of benzene rings is 1. The standard InChI is InChI=1S/C20H25N5O2/c1-5-25(6-2)17-8-7-15(19(26)10-17)12-22-24-20-18(11-21)16(13-27-4)9-14(3)23-20/h7-10,12,26H,5-6,13H2,1-4H3,(H,23,24)/b22-12-. The molecule has 2 N–H and O–H groups in total. The van der Waals surface area contributed by atoms with E-state index in [4.69, 9.17) is 4.74 Å². The zero-order valence-electron chi connectivity index (χ0n) is 16.2. The van der Waals surface area contributed by atoms with Crippen LogP contribution < -0.4 is 10.3 Å². The average Bonchev–Trinajstić information content (AvgIpc) is 2.64. The molecule has 142 valence electrons. The number of rotatable bonds is 8. The first-order chi connectivity index (χ1) is 13.0. The van der Waals surface area contributed by atoms with E-state index in [2.05, 4.69) is 40.3 Å². The van der Waals surface area contributed by atoms with E-state index < -0.39 is 0 Å².